The first kappa shape index (κ1) is 20.0. The third kappa shape index (κ3) is 3.77. The number of hydrogen-bond donors (Lipinski definition) is 1. The number of imidazole rings is 1. The first-order valence-electron chi connectivity index (χ1n) is 8.85. The number of alkyl halides is 1. The van der Waals surface area contributed by atoms with Gasteiger partial charge in [0.15, 0.2) is 5.69 Å². The van der Waals surface area contributed by atoms with Crippen molar-refractivity contribution in [1.29, 1.82) is 0 Å². The first-order chi connectivity index (χ1) is 13.0. The molecule has 1 aromatic carbocycles. The molecule has 0 amide bonds. The number of fused-ring (bicyclic) bond motifs is 1. The van der Waals surface area contributed by atoms with Crippen molar-refractivity contribution in [1.82, 2.24) is 19.5 Å². The van der Waals surface area contributed by atoms with E-state index in [1.165, 1.54) is 0 Å². The molecule has 1 saturated heterocycles. The summed E-state index contributed by atoms with van der Waals surface area (Å²) < 4.78 is 15.8. The summed E-state index contributed by atoms with van der Waals surface area (Å²) in [6.45, 7) is 10.5. The van der Waals surface area contributed by atoms with Crippen LogP contribution in [0.5, 0.6) is 0 Å². The van der Waals surface area contributed by atoms with Crippen LogP contribution in [-0.4, -0.2) is 44.8 Å². The van der Waals surface area contributed by atoms with Crippen molar-refractivity contribution in [3.05, 3.63) is 53.4 Å². The zero-order valence-electron chi connectivity index (χ0n) is 15.4. The second kappa shape index (κ2) is 8.09. The molecule has 1 fully saturated rings. The number of nitrogens with two attached hydrogens (primary N) is 1. The van der Waals surface area contributed by atoms with E-state index in [1.807, 2.05) is 22.5 Å². The number of anilines is 1. The smallest absolute Gasteiger partial charge is 0.206 e. The zero-order chi connectivity index (χ0) is 19.0. The summed E-state index contributed by atoms with van der Waals surface area (Å²) in [4.78, 5) is 19.0. The van der Waals surface area contributed by atoms with Crippen LogP contribution in [0.15, 0.2) is 30.6 Å². The van der Waals surface area contributed by atoms with Gasteiger partial charge in [0, 0.05) is 25.5 Å². The summed E-state index contributed by atoms with van der Waals surface area (Å²) in [6.07, 6.45) is 2.94. The van der Waals surface area contributed by atoms with Gasteiger partial charge in [-0.15, -0.1) is 12.4 Å². The number of halogens is 2. The summed E-state index contributed by atoms with van der Waals surface area (Å²) in [5.41, 5.74) is 9.08. The second-order valence-corrected chi connectivity index (χ2v) is 6.87. The summed E-state index contributed by atoms with van der Waals surface area (Å²) in [6, 6.07) is 4.88. The Morgan fingerprint density at radius 1 is 1.32 bits per heavy atom. The fourth-order valence-electron chi connectivity index (χ4n) is 3.35. The van der Waals surface area contributed by atoms with E-state index in [2.05, 4.69) is 14.8 Å². The monoisotopic (exact) mass is 401 g/mol. The highest BCUT2D eigenvalue weighted by atomic mass is 35.5. The lowest BCUT2D eigenvalue weighted by Crippen LogP contribution is -2.50. The number of benzene rings is 1. The van der Waals surface area contributed by atoms with Crippen LogP contribution in [0, 0.1) is 13.5 Å². The molecule has 4 rings (SSSR count). The number of nitrogens with zero attached hydrogens (tertiary/aromatic N) is 6. The molecule has 2 N–H and O–H groups in total. The van der Waals surface area contributed by atoms with E-state index < -0.39 is 12.2 Å². The molecule has 0 aliphatic carbocycles. The Bertz CT molecular complexity index is 1010. The summed E-state index contributed by atoms with van der Waals surface area (Å²) in [5, 5.41) is 0. The van der Waals surface area contributed by atoms with Crippen LogP contribution in [0.4, 0.5) is 16.0 Å². The molecule has 7 nitrogen and oxygen atoms in total. The Balaban J connectivity index is 0.00000225. The third-order valence-corrected chi connectivity index (χ3v) is 4.83. The van der Waals surface area contributed by atoms with E-state index >= 15 is 0 Å². The topological polar surface area (TPSA) is 77.2 Å². The molecule has 3 aromatic rings. The molecule has 1 aliphatic rings. The van der Waals surface area contributed by atoms with Gasteiger partial charge in [-0.25, -0.2) is 24.2 Å². The number of hydrogen-bond acceptors (Lipinski definition) is 5. The van der Waals surface area contributed by atoms with E-state index in [-0.39, 0.29) is 12.4 Å². The van der Waals surface area contributed by atoms with Crippen LogP contribution in [0.3, 0.4) is 0 Å². The van der Waals surface area contributed by atoms with Crippen molar-refractivity contribution in [3.63, 3.8) is 0 Å². The van der Waals surface area contributed by atoms with E-state index in [0.717, 1.165) is 16.6 Å². The van der Waals surface area contributed by atoms with E-state index in [1.54, 1.807) is 24.5 Å². The molecule has 0 radical (unpaired) electrons. The molecular weight excluding hydrogens is 381 g/mol. The maximum absolute atomic E-state index is 13.8. The first-order valence-corrected chi connectivity index (χ1v) is 8.85. The molecular formula is C19H21ClFN7. The average molecular weight is 402 g/mol. The van der Waals surface area contributed by atoms with Gasteiger partial charge in [-0.2, -0.15) is 0 Å². The number of aromatic nitrogens is 4. The Kier molecular flexibility index (Phi) is 5.77. The summed E-state index contributed by atoms with van der Waals surface area (Å²) >= 11 is 0. The van der Waals surface area contributed by atoms with Crippen LogP contribution in [0.1, 0.15) is 17.8 Å². The Labute approximate surface area is 168 Å². The van der Waals surface area contributed by atoms with E-state index in [0.29, 0.717) is 43.5 Å². The Hall–Kier alpha value is -2.76. The molecule has 2 aromatic heterocycles. The molecule has 3 heterocycles. The van der Waals surface area contributed by atoms with Gasteiger partial charge in [0.05, 0.1) is 30.2 Å². The van der Waals surface area contributed by atoms with Gasteiger partial charge in [0.2, 0.25) is 5.95 Å². The Morgan fingerprint density at radius 2 is 2.07 bits per heavy atom. The van der Waals surface area contributed by atoms with Crippen LogP contribution < -0.4 is 10.6 Å². The van der Waals surface area contributed by atoms with Gasteiger partial charge in [-0.05, 0) is 31.0 Å². The molecule has 2 atom stereocenters. The molecule has 0 saturated carbocycles. The lowest BCUT2D eigenvalue weighted by molar-refractivity contribution is 0.243. The predicted molar refractivity (Wildman–Crippen MR) is 109 cm³/mol. The van der Waals surface area contributed by atoms with Gasteiger partial charge < -0.3 is 15.2 Å². The fourth-order valence-corrected chi connectivity index (χ4v) is 3.35. The molecule has 9 heteroatoms. The third-order valence-electron chi connectivity index (χ3n) is 4.83. The zero-order valence-corrected chi connectivity index (χ0v) is 16.2. The molecule has 146 valence electrons. The maximum Gasteiger partial charge on any atom is 0.206 e. The minimum atomic E-state index is -0.992. The van der Waals surface area contributed by atoms with E-state index in [9.17, 15) is 4.39 Å². The van der Waals surface area contributed by atoms with Crippen LogP contribution in [0.25, 0.3) is 15.9 Å². The van der Waals surface area contributed by atoms with Crippen molar-refractivity contribution in [2.75, 3.05) is 18.0 Å². The summed E-state index contributed by atoms with van der Waals surface area (Å²) in [5.74, 6) is 1.37. The maximum atomic E-state index is 13.8. The number of piperidine rings is 1. The van der Waals surface area contributed by atoms with Gasteiger partial charge in [-0.1, -0.05) is 6.07 Å². The molecule has 1 aliphatic heterocycles. The molecule has 0 spiro atoms. The lowest BCUT2D eigenvalue weighted by atomic mass is 10.1. The molecule has 28 heavy (non-hydrogen) atoms. The molecule has 0 bridgehead atoms. The number of aryl methyl sites for hydroxylation is 1. The van der Waals surface area contributed by atoms with Gasteiger partial charge in [0.25, 0.3) is 0 Å². The van der Waals surface area contributed by atoms with Crippen LogP contribution in [-0.2, 0) is 6.54 Å². The van der Waals surface area contributed by atoms with Crippen molar-refractivity contribution in [2.24, 2.45) is 5.73 Å². The van der Waals surface area contributed by atoms with Gasteiger partial charge in [-0.3, -0.25) is 0 Å². The number of rotatable bonds is 3. The molecule has 1 unspecified atom stereocenters. The average Bonchev–Trinajstić information content (AvgIpc) is 3.03. The van der Waals surface area contributed by atoms with Crippen molar-refractivity contribution in [3.8, 4) is 0 Å². The normalized spacial score (nSPS) is 19.3. The lowest BCUT2D eigenvalue weighted by Gasteiger charge is -2.34. The summed E-state index contributed by atoms with van der Waals surface area (Å²) in [7, 11) is 0. The second-order valence-electron chi connectivity index (χ2n) is 6.87. The van der Waals surface area contributed by atoms with Crippen molar-refractivity contribution >= 4 is 35.1 Å². The highest BCUT2D eigenvalue weighted by Gasteiger charge is 2.29. The van der Waals surface area contributed by atoms with Crippen molar-refractivity contribution < 1.29 is 4.39 Å². The van der Waals surface area contributed by atoms with E-state index in [4.69, 9.17) is 17.3 Å². The Morgan fingerprint density at radius 3 is 2.75 bits per heavy atom. The van der Waals surface area contributed by atoms with Gasteiger partial charge in [0.1, 0.15) is 12.0 Å². The van der Waals surface area contributed by atoms with Crippen LogP contribution in [0.2, 0.25) is 0 Å². The minimum absolute atomic E-state index is 0. The highest BCUT2D eigenvalue weighted by Crippen LogP contribution is 2.29. The van der Waals surface area contributed by atoms with Crippen molar-refractivity contribution in [2.45, 2.75) is 32.1 Å². The predicted octanol–water partition coefficient (Wildman–Crippen LogP) is 3.03. The standard InChI is InChI=1S/C19H20FN7.ClH/c1-12-8-23-18(24-9-12)11-27-17-4-3-13(22-2)7-16(17)25-19(27)26-6-5-14(20)15(21)10-26;/h3-4,7-9,14-15H,5-6,10-11,21H2,1H3;1H/t14-,15?;/m1./s1. The fraction of sp³-hybridized carbons (Fsp3) is 0.368. The van der Waals surface area contributed by atoms with Gasteiger partial charge >= 0.3 is 0 Å². The SMILES string of the molecule is Cl.[C-]#[N+]c1ccc2c(c1)nc(N1CC[C@@H](F)C(N)C1)n2Cc1ncc(C)cn1. The van der Waals surface area contributed by atoms with Crippen LogP contribution >= 0.6 is 12.4 Å². The minimum Gasteiger partial charge on any atom is -0.340 e. The quantitative estimate of drug-likeness (QED) is 0.682. The largest absolute Gasteiger partial charge is 0.340 e. The highest BCUT2D eigenvalue weighted by molar-refractivity contribution is 5.85.